The van der Waals surface area contributed by atoms with E-state index in [4.69, 9.17) is 4.55 Å². The number of phenolic OH excluding ortho intramolecular Hbond substituents is 1. The van der Waals surface area contributed by atoms with Crippen molar-refractivity contribution in [2.75, 3.05) is 0 Å². The topological polar surface area (TPSA) is 208 Å². The predicted octanol–water partition coefficient (Wildman–Crippen LogP) is 2.70. The summed E-state index contributed by atoms with van der Waals surface area (Å²) in [7, 11) is -14.1. The standard InChI is InChI=1S/C16H12N2O10S3/c19-14-8-15(31(26,27)28)16(13-7-11(30(23,24)25)5-6-12(13)14)18-17-9-1-3-10(4-2-9)29(20,21)22/h1-8,19H,(H,20,21,22)(H,23,24,25)(H,26,27,28). The second kappa shape index (κ2) is 7.63. The third kappa shape index (κ3) is 4.87. The highest BCUT2D eigenvalue weighted by atomic mass is 32.2. The molecule has 3 aromatic carbocycles. The van der Waals surface area contributed by atoms with E-state index in [2.05, 4.69) is 10.2 Å². The number of fused-ring (bicyclic) bond motifs is 1. The van der Waals surface area contributed by atoms with Crippen LogP contribution in [0.2, 0.25) is 0 Å². The van der Waals surface area contributed by atoms with Gasteiger partial charge in [-0.15, -0.1) is 5.11 Å². The normalized spacial score (nSPS) is 13.1. The Kier molecular flexibility index (Phi) is 5.59. The van der Waals surface area contributed by atoms with Crippen molar-refractivity contribution < 1.29 is 44.0 Å². The molecule has 12 nitrogen and oxygen atoms in total. The van der Waals surface area contributed by atoms with Gasteiger partial charge in [0.1, 0.15) is 16.3 Å². The number of hydrogen-bond donors (Lipinski definition) is 4. The minimum absolute atomic E-state index is 0.000784. The first-order valence-corrected chi connectivity index (χ1v) is 12.2. The van der Waals surface area contributed by atoms with Crippen LogP contribution in [-0.4, -0.2) is 44.0 Å². The molecule has 15 heteroatoms. The highest BCUT2D eigenvalue weighted by molar-refractivity contribution is 7.86. The van der Waals surface area contributed by atoms with E-state index in [0.717, 1.165) is 42.5 Å². The first-order valence-electron chi connectivity index (χ1n) is 7.92. The molecule has 0 radical (unpaired) electrons. The van der Waals surface area contributed by atoms with Crippen LogP contribution in [0.1, 0.15) is 0 Å². The molecule has 4 N–H and O–H groups in total. The fraction of sp³-hybridized carbons (Fsp3) is 0. The number of phenols is 1. The summed E-state index contributed by atoms with van der Waals surface area (Å²) in [5.41, 5.74) is -0.555. The zero-order valence-corrected chi connectivity index (χ0v) is 17.4. The SMILES string of the molecule is O=S(=O)(O)c1ccc(N=Nc2c(S(=O)(=O)O)cc(O)c3ccc(S(=O)(=O)O)cc23)cc1. The molecule has 164 valence electrons. The largest absolute Gasteiger partial charge is 0.507 e. The molecular weight excluding hydrogens is 476 g/mol. The lowest BCUT2D eigenvalue weighted by atomic mass is 10.1. The Morgan fingerprint density at radius 3 is 1.68 bits per heavy atom. The fourth-order valence-corrected chi connectivity index (χ4v) is 4.24. The van der Waals surface area contributed by atoms with E-state index in [1.165, 1.54) is 0 Å². The van der Waals surface area contributed by atoms with Crippen LogP contribution in [0.4, 0.5) is 11.4 Å². The first-order chi connectivity index (χ1) is 14.2. The first kappa shape index (κ1) is 22.7. The van der Waals surface area contributed by atoms with Crippen LogP contribution in [-0.2, 0) is 30.4 Å². The molecule has 0 heterocycles. The van der Waals surface area contributed by atoms with Crippen molar-refractivity contribution >= 4 is 52.5 Å². The fourth-order valence-electron chi connectivity index (χ4n) is 2.60. The van der Waals surface area contributed by atoms with E-state index in [0.29, 0.717) is 6.07 Å². The van der Waals surface area contributed by atoms with Crippen LogP contribution < -0.4 is 0 Å². The molecule has 0 aliphatic rings. The second-order valence-corrected chi connectivity index (χ2v) is 10.3. The molecule has 3 rings (SSSR count). The molecule has 0 saturated heterocycles. The summed E-state index contributed by atoms with van der Waals surface area (Å²) in [6.45, 7) is 0. The monoisotopic (exact) mass is 488 g/mol. The van der Waals surface area contributed by atoms with Gasteiger partial charge in [0.2, 0.25) is 0 Å². The van der Waals surface area contributed by atoms with Crippen LogP contribution in [0.3, 0.4) is 0 Å². The van der Waals surface area contributed by atoms with Crippen LogP contribution in [0, 0.1) is 0 Å². The Hall–Kier alpha value is -2.95. The summed E-state index contributed by atoms with van der Waals surface area (Å²) in [6, 6.07) is 7.81. The third-order valence-electron chi connectivity index (χ3n) is 4.00. The van der Waals surface area contributed by atoms with Gasteiger partial charge in [0.25, 0.3) is 30.4 Å². The summed E-state index contributed by atoms with van der Waals surface area (Å²) >= 11 is 0. The molecule has 0 atom stereocenters. The summed E-state index contributed by atoms with van der Waals surface area (Å²) in [5, 5.41) is 17.2. The quantitative estimate of drug-likeness (QED) is 0.305. The van der Waals surface area contributed by atoms with Gasteiger partial charge in [0.15, 0.2) is 0 Å². The Bertz CT molecular complexity index is 1540. The highest BCUT2D eigenvalue weighted by Crippen LogP contribution is 2.40. The van der Waals surface area contributed by atoms with Crippen LogP contribution in [0.5, 0.6) is 5.75 Å². The van der Waals surface area contributed by atoms with Gasteiger partial charge in [-0.2, -0.15) is 30.4 Å². The van der Waals surface area contributed by atoms with Crippen molar-refractivity contribution in [3.63, 3.8) is 0 Å². The lowest BCUT2D eigenvalue weighted by molar-refractivity contribution is 0.471. The zero-order chi connectivity index (χ0) is 23.2. The molecule has 0 aliphatic heterocycles. The minimum Gasteiger partial charge on any atom is -0.507 e. The Morgan fingerprint density at radius 1 is 0.613 bits per heavy atom. The van der Waals surface area contributed by atoms with E-state index < -0.39 is 56.5 Å². The number of aromatic hydroxyl groups is 1. The van der Waals surface area contributed by atoms with E-state index in [9.17, 15) is 39.5 Å². The van der Waals surface area contributed by atoms with Crippen molar-refractivity contribution in [1.82, 2.24) is 0 Å². The van der Waals surface area contributed by atoms with Gasteiger partial charge < -0.3 is 5.11 Å². The van der Waals surface area contributed by atoms with Gasteiger partial charge in [-0.3, -0.25) is 13.7 Å². The van der Waals surface area contributed by atoms with E-state index in [1.54, 1.807) is 0 Å². The van der Waals surface area contributed by atoms with Crippen molar-refractivity contribution in [2.45, 2.75) is 14.7 Å². The molecule has 31 heavy (non-hydrogen) atoms. The second-order valence-electron chi connectivity index (χ2n) is 6.07. The number of azo groups is 1. The van der Waals surface area contributed by atoms with Gasteiger partial charge in [-0.25, -0.2) is 0 Å². The molecule has 0 bridgehead atoms. The summed E-state index contributed by atoms with van der Waals surface area (Å²) in [4.78, 5) is -1.97. The van der Waals surface area contributed by atoms with Gasteiger partial charge in [-0.05, 0) is 42.5 Å². The number of rotatable bonds is 5. The lowest BCUT2D eigenvalue weighted by Crippen LogP contribution is -2.01. The molecule has 0 aromatic heterocycles. The molecule has 0 fully saturated rings. The summed E-state index contributed by atoms with van der Waals surface area (Å²) < 4.78 is 96.4. The minimum atomic E-state index is -4.96. The van der Waals surface area contributed by atoms with Crippen molar-refractivity contribution in [2.24, 2.45) is 10.2 Å². The van der Waals surface area contributed by atoms with Crippen molar-refractivity contribution in [3.05, 3.63) is 48.5 Å². The summed E-state index contributed by atoms with van der Waals surface area (Å²) in [5.74, 6) is -0.624. The highest BCUT2D eigenvalue weighted by Gasteiger charge is 2.23. The van der Waals surface area contributed by atoms with E-state index in [1.807, 2.05) is 0 Å². The zero-order valence-electron chi connectivity index (χ0n) is 15.0. The molecule has 3 aromatic rings. The Morgan fingerprint density at radius 2 is 1.16 bits per heavy atom. The number of benzene rings is 3. The Labute approximate surface area is 175 Å². The van der Waals surface area contributed by atoms with Crippen LogP contribution in [0.15, 0.2) is 73.4 Å². The van der Waals surface area contributed by atoms with Gasteiger partial charge in [-0.1, -0.05) is 0 Å². The summed E-state index contributed by atoms with van der Waals surface area (Å²) in [6.07, 6.45) is 0. The number of hydrogen-bond acceptors (Lipinski definition) is 9. The molecule has 0 aliphatic carbocycles. The lowest BCUT2D eigenvalue weighted by Gasteiger charge is -2.10. The van der Waals surface area contributed by atoms with Gasteiger partial charge in [0.05, 0.1) is 15.5 Å². The van der Waals surface area contributed by atoms with Gasteiger partial charge >= 0.3 is 0 Å². The van der Waals surface area contributed by atoms with Crippen LogP contribution in [0.25, 0.3) is 10.8 Å². The maximum Gasteiger partial charge on any atom is 0.296 e. The Balaban J connectivity index is 2.28. The maximum atomic E-state index is 11.8. The molecule has 0 spiro atoms. The van der Waals surface area contributed by atoms with E-state index >= 15 is 0 Å². The third-order valence-corrected chi connectivity index (χ3v) is 6.58. The van der Waals surface area contributed by atoms with Gasteiger partial charge in [0, 0.05) is 16.8 Å². The average Bonchev–Trinajstić information content (AvgIpc) is 2.65. The van der Waals surface area contributed by atoms with E-state index in [-0.39, 0.29) is 16.5 Å². The van der Waals surface area contributed by atoms with Crippen molar-refractivity contribution in [3.8, 4) is 5.75 Å². The van der Waals surface area contributed by atoms with Crippen LogP contribution >= 0.6 is 0 Å². The predicted molar refractivity (Wildman–Crippen MR) is 106 cm³/mol. The molecule has 0 unspecified atom stereocenters. The average molecular weight is 488 g/mol. The smallest absolute Gasteiger partial charge is 0.296 e. The maximum absolute atomic E-state index is 11.8. The number of nitrogens with zero attached hydrogens (tertiary/aromatic N) is 2. The molecule has 0 amide bonds. The molecular formula is C16H12N2O10S3. The van der Waals surface area contributed by atoms with Crippen molar-refractivity contribution in [1.29, 1.82) is 0 Å². The molecule has 0 saturated carbocycles.